The van der Waals surface area contributed by atoms with E-state index >= 15 is 0 Å². The summed E-state index contributed by atoms with van der Waals surface area (Å²) in [7, 11) is 0. The van der Waals surface area contributed by atoms with Crippen LogP contribution in [0.25, 0.3) is 0 Å². The summed E-state index contributed by atoms with van der Waals surface area (Å²) in [5.74, 6) is -0.456. The van der Waals surface area contributed by atoms with E-state index in [1.165, 1.54) is 12.1 Å². The highest BCUT2D eigenvalue weighted by molar-refractivity contribution is 9.10. The van der Waals surface area contributed by atoms with E-state index in [-0.39, 0.29) is 30.2 Å². The SMILES string of the molecule is Cl.O=C(NCc1cc(F)cc(Br)c1)C1COCCN1. The van der Waals surface area contributed by atoms with Gasteiger partial charge in [-0.15, -0.1) is 12.4 Å². The van der Waals surface area contributed by atoms with Crippen molar-refractivity contribution in [2.45, 2.75) is 12.6 Å². The Balaban J connectivity index is 0.00000180. The maximum Gasteiger partial charge on any atom is 0.239 e. The average Bonchev–Trinajstić information content (AvgIpc) is 2.36. The lowest BCUT2D eigenvalue weighted by molar-refractivity contribution is -0.126. The van der Waals surface area contributed by atoms with Crippen LogP contribution in [-0.2, 0) is 16.1 Å². The quantitative estimate of drug-likeness (QED) is 0.868. The van der Waals surface area contributed by atoms with Crippen molar-refractivity contribution in [3.05, 3.63) is 34.1 Å². The third kappa shape index (κ3) is 5.06. The summed E-state index contributed by atoms with van der Waals surface area (Å²) in [4.78, 5) is 11.8. The molecule has 1 aliphatic rings. The number of nitrogens with one attached hydrogen (secondary N) is 2. The maximum absolute atomic E-state index is 13.1. The molecule has 1 fully saturated rings. The Kier molecular flexibility index (Phi) is 6.71. The molecule has 1 saturated heterocycles. The van der Waals surface area contributed by atoms with Crippen LogP contribution in [0.1, 0.15) is 5.56 Å². The highest BCUT2D eigenvalue weighted by atomic mass is 79.9. The second-order valence-corrected chi connectivity index (χ2v) is 4.99. The van der Waals surface area contributed by atoms with E-state index in [1.807, 2.05) is 0 Å². The van der Waals surface area contributed by atoms with Crippen LogP contribution in [0.15, 0.2) is 22.7 Å². The fourth-order valence-corrected chi connectivity index (χ4v) is 2.27. The van der Waals surface area contributed by atoms with Gasteiger partial charge in [-0.05, 0) is 23.8 Å². The predicted molar refractivity (Wildman–Crippen MR) is 75.8 cm³/mol. The van der Waals surface area contributed by atoms with Crippen molar-refractivity contribution >= 4 is 34.2 Å². The first-order valence-corrected chi connectivity index (χ1v) is 6.48. The number of carbonyl (C=O) groups excluding carboxylic acids is 1. The van der Waals surface area contributed by atoms with Crippen molar-refractivity contribution in [3.8, 4) is 0 Å². The normalized spacial score (nSPS) is 18.5. The second kappa shape index (κ2) is 7.79. The van der Waals surface area contributed by atoms with Crippen LogP contribution in [0.3, 0.4) is 0 Å². The summed E-state index contributed by atoms with van der Waals surface area (Å²) < 4.78 is 19.0. The van der Waals surface area contributed by atoms with E-state index in [0.717, 1.165) is 0 Å². The zero-order valence-corrected chi connectivity index (χ0v) is 12.5. The lowest BCUT2D eigenvalue weighted by Crippen LogP contribution is -2.51. The molecular formula is C12H15BrClFN2O2. The highest BCUT2D eigenvalue weighted by Gasteiger charge is 2.20. The van der Waals surface area contributed by atoms with E-state index in [0.29, 0.717) is 36.3 Å². The fourth-order valence-electron chi connectivity index (χ4n) is 1.76. The first-order valence-electron chi connectivity index (χ1n) is 5.69. The second-order valence-electron chi connectivity index (χ2n) is 4.08. The van der Waals surface area contributed by atoms with Gasteiger partial charge in [0, 0.05) is 17.6 Å². The number of halogens is 3. The van der Waals surface area contributed by atoms with Gasteiger partial charge in [-0.25, -0.2) is 4.39 Å². The summed E-state index contributed by atoms with van der Waals surface area (Å²) in [5, 5.41) is 5.81. The summed E-state index contributed by atoms with van der Waals surface area (Å²) in [6, 6.07) is 4.22. The molecule has 1 aromatic carbocycles. The van der Waals surface area contributed by atoms with Crippen LogP contribution in [0.5, 0.6) is 0 Å². The monoisotopic (exact) mass is 352 g/mol. The van der Waals surface area contributed by atoms with Crippen molar-refractivity contribution in [1.82, 2.24) is 10.6 Å². The molecule has 0 spiro atoms. The number of benzene rings is 1. The Hall–Kier alpha value is -0.690. The molecule has 4 nitrogen and oxygen atoms in total. The molecule has 1 unspecified atom stereocenters. The van der Waals surface area contributed by atoms with Gasteiger partial charge in [-0.3, -0.25) is 4.79 Å². The van der Waals surface area contributed by atoms with E-state index < -0.39 is 0 Å². The van der Waals surface area contributed by atoms with E-state index in [4.69, 9.17) is 4.74 Å². The van der Waals surface area contributed by atoms with Crippen LogP contribution < -0.4 is 10.6 Å². The third-order valence-corrected chi connectivity index (χ3v) is 3.09. The number of hydrogen-bond donors (Lipinski definition) is 2. The molecule has 1 atom stereocenters. The lowest BCUT2D eigenvalue weighted by atomic mass is 10.2. The largest absolute Gasteiger partial charge is 0.378 e. The summed E-state index contributed by atoms with van der Waals surface area (Å²) in [6.45, 7) is 1.97. The molecule has 1 aromatic rings. The summed E-state index contributed by atoms with van der Waals surface area (Å²) >= 11 is 3.21. The van der Waals surface area contributed by atoms with Gasteiger partial charge in [-0.2, -0.15) is 0 Å². The van der Waals surface area contributed by atoms with Gasteiger partial charge in [0.1, 0.15) is 11.9 Å². The van der Waals surface area contributed by atoms with Gasteiger partial charge in [0.05, 0.1) is 13.2 Å². The molecule has 0 radical (unpaired) electrons. The van der Waals surface area contributed by atoms with Crippen LogP contribution in [0.2, 0.25) is 0 Å². The zero-order chi connectivity index (χ0) is 13.0. The number of hydrogen-bond acceptors (Lipinski definition) is 3. The molecule has 1 aliphatic heterocycles. The van der Waals surface area contributed by atoms with Crippen molar-refractivity contribution in [3.63, 3.8) is 0 Å². The minimum absolute atomic E-state index is 0. The Bertz CT molecular complexity index is 421. The van der Waals surface area contributed by atoms with Crippen LogP contribution in [0, 0.1) is 5.82 Å². The Morgan fingerprint density at radius 1 is 1.53 bits per heavy atom. The molecule has 0 saturated carbocycles. The Labute approximate surface area is 125 Å². The van der Waals surface area contributed by atoms with E-state index in [1.54, 1.807) is 6.07 Å². The molecule has 0 aromatic heterocycles. The van der Waals surface area contributed by atoms with Crippen molar-refractivity contribution in [2.75, 3.05) is 19.8 Å². The third-order valence-electron chi connectivity index (χ3n) is 2.63. The Morgan fingerprint density at radius 2 is 2.32 bits per heavy atom. The smallest absolute Gasteiger partial charge is 0.239 e. The standard InChI is InChI=1S/C12H14BrFN2O2.ClH/c13-9-3-8(4-10(14)5-9)6-16-12(17)11-7-18-2-1-15-11;/h3-5,11,15H,1-2,6-7H2,(H,16,17);1H. The molecule has 7 heteroatoms. The van der Waals surface area contributed by atoms with E-state index in [9.17, 15) is 9.18 Å². The first-order chi connectivity index (χ1) is 8.65. The van der Waals surface area contributed by atoms with Crippen molar-refractivity contribution < 1.29 is 13.9 Å². The summed E-state index contributed by atoms with van der Waals surface area (Å²) in [5.41, 5.74) is 0.715. The lowest BCUT2D eigenvalue weighted by Gasteiger charge is -2.22. The van der Waals surface area contributed by atoms with Gasteiger partial charge in [0.25, 0.3) is 0 Å². The molecule has 1 amide bonds. The summed E-state index contributed by atoms with van der Waals surface area (Å²) in [6.07, 6.45) is 0. The number of carbonyl (C=O) groups is 1. The van der Waals surface area contributed by atoms with Crippen molar-refractivity contribution in [2.24, 2.45) is 0 Å². The Morgan fingerprint density at radius 3 is 2.95 bits per heavy atom. The van der Waals surface area contributed by atoms with Crippen LogP contribution >= 0.6 is 28.3 Å². The fraction of sp³-hybridized carbons (Fsp3) is 0.417. The maximum atomic E-state index is 13.1. The molecule has 1 heterocycles. The molecule has 2 rings (SSSR count). The molecule has 0 bridgehead atoms. The highest BCUT2D eigenvalue weighted by Crippen LogP contribution is 2.14. The topological polar surface area (TPSA) is 50.4 Å². The van der Waals surface area contributed by atoms with Gasteiger partial charge >= 0.3 is 0 Å². The van der Waals surface area contributed by atoms with Gasteiger partial charge < -0.3 is 15.4 Å². The van der Waals surface area contributed by atoms with Gasteiger partial charge in [0.2, 0.25) is 5.91 Å². The van der Waals surface area contributed by atoms with Crippen LogP contribution in [-0.4, -0.2) is 31.7 Å². The zero-order valence-electron chi connectivity index (χ0n) is 10.1. The molecule has 2 N–H and O–H groups in total. The number of amides is 1. The number of morpholine rings is 1. The van der Waals surface area contributed by atoms with Gasteiger partial charge in [-0.1, -0.05) is 15.9 Å². The van der Waals surface area contributed by atoms with Crippen molar-refractivity contribution in [1.29, 1.82) is 0 Å². The molecular weight excluding hydrogens is 338 g/mol. The first kappa shape index (κ1) is 16.4. The van der Waals surface area contributed by atoms with Gasteiger partial charge in [0.15, 0.2) is 0 Å². The molecule has 0 aliphatic carbocycles. The number of ether oxygens (including phenoxy) is 1. The predicted octanol–water partition coefficient (Wildman–Crippen LogP) is 1.61. The number of rotatable bonds is 3. The van der Waals surface area contributed by atoms with Crippen LogP contribution in [0.4, 0.5) is 4.39 Å². The van der Waals surface area contributed by atoms with E-state index in [2.05, 4.69) is 26.6 Å². The minimum atomic E-state index is -0.326. The molecule has 19 heavy (non-hydrogen) atoms. The average molecular weight is 354 g/mol. The minimum Gasteiger partial charge on any atom is -0.378 e. The molecule has 106 valence electrons.